The molecule has 1 atom stereocenters. The van der Waals surface area contributed by atoms with Crippen LogP contribution in [0.2, 0.25) is 10.0 Å². The maximum absolute atomic E-state index is 11.4. The molecule has 1 aliphatic rings. The summed E-state index contributed by atoms with van der Waals surface area (Å²) in [5, 5.41) is 4.68. The molecule has 0 aromatic heterocycles. The summed E-state index contributed by atoms with van der Waals surface area (Å²) in [4.78, 5) is 13.1. The highest BCUT2D eigenvalue weighted by atomic mass is 35.5. The third-order valence-electron chi connectivity index (χ3n) is 2.35. The van der Waals surface area contributed by atoms with Gasteiger partial charge in [0.2, 0.25) is 0 Å². The fourth-order valence-electron chi connectivity index (χ4n) is 1.41. The van der Waals surface area contributed by atoms with Gasteiger partial charge in [-0.15, -0.1) is 0 Å². The number of rotatable bonds is 1. The summed E-state index contributed by atoms with van der Waals surface area (Å²) >= 11 is 11.7. The van der Waals surface area contributed by atoms with Crippen LogP contribution >= 0.6 is 23.2 Å². The minimum absolute atomic E-state index is 0.159. The van der Waals surface area contributed by atoms with E-state index in [1.165, 1.54) is 0 Å². The highest BCUT2D eigenvalue weighted by Gasteiger charge is 2.23. The van der Waals surface area contributed by atoms with Crippen molar-refractivity contribution in [2.45, 2.75) is 13.0 Å². The lowest BCUT2D eigenvalue weighted by Crippen LogP contribution is -2.47. The molecule has 84 valence electrons. The van der Waals surface area contributed by atoms with Crippen molar-refractivity contribution in [3.05, 3.63) is 28.2 Å². The number of anilines is 1. The zero-order chi connectivity index (χ0) is 11.7. The van der Waals surface area contributed by atoms with Crippen LogP contribution in [0.15, 0.2) is 23.3 Å². The lowest BCUT2D eigenvalue weighted by molar-refractivity contribution is -0.122. The van der Waals surface area contributed by atoms with Gasteiger partial charge < -0.3 is 4.90 Å². The summed E-state index contributed by atoms with van der Waals surface area (Å²) in [6.45, 7) is 1.78. The van der Waals surface area contributed by atoms with Crippen molar-refractivity contribution >= 4 is 41.1 Å². The number of amides is 1. The van der Waals surface area contributed by atoms with Gasteiger partial charge in [-0.2, -0.15) is 5.10 Å². The SMILES string of the molecule is C[C@@H]1C(=O)NN=CN1c1ccc(Cl)c(Cl)c1. The Morgan fingerprint density at radius 2 is 2.12 bits per heavy atom. The Bertz CT molecular complexity index is 461. The second-order valence-electron chi connectivity index (χ2n) is 3.40. The van der Waals surface area contributed by atoms with E-state index in [1.807, 2.05) is 0 Å². The molecule has 1 aromatic rings. The van der Waals surface area contributed by atoms with Crippen LogP contribution in [0.5, 0.6) is 0 Å². The Morgan fingerprint density at radius 3 is 2.81 bits per heavy atom. The molecule has 2 rings (SSSR count). The van der Waals surface area contributed by atoms with Crippen LogP contribution in [0.3, 0.4) is 0 Å². The number of carbonyl (C=O) groups excluding carboxylic acids is 1. The molecule has 0 fully saturated rings. The molecule has 0 bridgehead atoms. The molecule has 0 radical (unpaired) electrons. The van der Waals surface area contributed by atoms with Crippen LogP contribution in [0.4, 0.5) is 5.69 Å². The van der Waals surface area contributed by atoms with Gasteiger partial charge in [-0.05, 0) is 25.1 Å². The first-order chi connectivity index (χ1) is 7.59. The highest BCUT2D eigenvalue weighted by molar-refractivity contribution is 6.42. The molecule has 1 N–H and O–H groups in total. The number of hydrazone groups is 1. The van der Waals surface area contributed by atoms with Gasteiger partial charge in [0.15, 0.2) is 0 Å². The lowest BCUT2D eigenvalue weighted by Gasteiger charge is -2.28. The number of benzene rings is 1. The number of nitrogens with zero attached hydrogens (tertiary/aromatic N) is 2. The number of nitrogens with one attached hydrogen (secondary N) is 1. The number of hydrogen-bond donors (Lipinski definition) is 1. The van der Waals surface area contributed by atoms with Crippen molar-refractivity contribution in [2.75, 3.05) is 4.90 Å². The van der Waals surface area contributed by atoms with E-state index in [9.17, 15) is 4.79 Å². The molecule has 0 saturated heterocycles. The van der Waals surface area contributed by atoms with E-state index < -0.39 is 0 Å². The fraction of sp³-hybridized carbons (Fsp3) is 0.200. The predicted octanol–water partition coefficient (Wildman–Crippen LogP) is 2.26. The molecule has 0 unspecified atom stereocenters. The van der Waals surface area contributed by atoms with Gasteiger partial charge in [0.1, 0.15) is 12.4 Å². The first-order valence-electron chi connectivity index (χ1n) is 4.66. The molecule has 0 aliphatic carbocycles. The minimum atomic E-state index is -0.324. The second-order valence-corrected chi connectivity index (χ2v) is 4.22. The summed E-state index contributed by atoms with van der Waals surface area (Å²) in [5.74, 6) is -0.159. The van der Waals surface area contributed by atoms with Crippen molar-refractivity contribution in [3.8, 4) is 0 Å². The molecule has 1 heterocycles. The van der Waals surface area contributed by atoms with E-state index in [0.717, 1.165) is 5.69 Å². The zero-order valence-electron chi connectivity index (χ0n) is 8.45. The van der Waals surface area contributed by atoms with Gasteiger partial charge in [-0.1, -0.05) is 23.2 Å². The number of carbonyl (C=O) groups is 1. The van der Waals surface area contributed by atoms with Gasteiger partial charge in [-0.3, -0.25) is 4.79 Å². The smallest absolute Gasteiger partial charge is 0.262 e. The van der Waals surface area contributed by atoms with Crippen LogP contribution in [0.25, 0.3) is 0 Å². The number of halogens is 2. The Balaban J connectivity index is 2.36. The predicted molar refractivity (Wildman–Crippen MR) is 65.0 cm³/mol. The summed E-state index contributed by atoms with van der Waals surface area (Å²) in [7, 11) is 0. The fourth-order valence-corrected chi connectivity index (χ4v) is 1.70. The first kappa shape index (κ1) is 11.2. The maximum Gasteiger partial charge on any atom is 0.262 e. The van der Waals surface area contributed by atoms with E-state index in [-0.39, 0.29) is 11.9 Å². The molecule has 16 heavy (non-hydrogen) atoms. The molecule has 0 spiro atoms. The summed E-state index contributed by atoms with van der Waals surface area (Å²) in [6, 6.07) is 4.85. The normalized spacial score (nSPS) is 19.8. The van der Waals surface area contributed by atoms with Crippen LogP contribution in [0, 0.1) is 0 Å². The van der Waals surface area contributed by atoms with E-state index in [4.69, 9.17) is 23.2 Å². The largest absolute Gasteiger partial charge is 0.319 e. The second kappa shape index (κ2) is 4.31. The van der Waals surface area contributed by atoms with Crippen LogP contribution < -0.4 is 10.3 Å². The Labute approximate surface area is 103 Å². The molecule has 4 nitrogen and oxygen atoms in total. The molecule has 1 aromatic carbocycles. The number of hydrogen-bond acceptors (Lipinski definition) is 3. The quantitative estimate of drug-likeness (QED) is 0.839. The molecule has 1 amide bonds. The minimum Gasteiger partial charge on any atom is -0.319 e. The third-order valence-corrected chi connectivity index (χ3v) is 3.09. The van der Waals surface area contributed by atoms with Gasteiger partial charge in [0, 0.05) is 5.69 Å². The van der Waals surface area contributed by atoms with E-state index >= 15 is 0 Å². The average Bonchev–Trinajstić information content (AvgIpc) is 2.26. The molecular formula is C10H9Cl2N3O. The Hall–Kier alpha value is -1.26. The van der Waals surface area contributed by atoms with Gasteiger partial charge in [0.05, 0.1) is 10.0 Å². The van der Waals surface area contributed by atoms with E-state index in [1.54, 1.807) is 36.4 Å². The van der Waals surface area contributed by atoms with E-state index in [2.05, 4.69) is 10.5 Å². The van der Waals surface area contributed by atoms with Crippen LogP contribution in [-0.4, -0.2) is 18.3 Å². The topological polar surface area (TPSA) is 44.7 Å². The summed E-state index contributed by atoms with van der Waals surface area (Å²) in [6.07, 6.45) is 1.55. The van der Waals surface area contributed by atoms with Crippen molar-refractivity contribution in [3.63, 3.8) is 0 Å². The van der Waals surface area contributed by atoms with Gasteiger partial charge in [0.25, 0.3) is 5.91 Å². The Kier molecular flexibility index (Phi) is 3.03. The maximum atomic E-state index is 11.4. The highest BCUT2D eigenvalue weighted by Crippen LogP contribution is 2.28. The van der Waals surface area contributed by atoms with Crippen LogP contribution in [-0.2, 0) is 4.79 Å². The molecular weight excluding hydrogens is 249 g/mol. The molecule has 0 saturated carbocycles. The Morgan fingerprint density at radius 1 is 1.38 bits per heavy atom. The van der Waals surface area contributed by atoms with E-state index in [0.29, 0.717) is 10.0 Å². The monoisotopic (exact) mass is 257 g/mol. The van der Waals surface area contributed by atoms with Crippen LogP contribution in [0.1, 0.15) is 6.92 Å². The molecule has 1 aliphatic heterocycles. The average molecular weight is 258 g/mol. The summed E-state index contributed by atoms with van der Waals surface area (Å²) < 4.78 is 0. The van der Waals surface area contributed by atoms with Gasteiger partial charge in [-0.25, -0.2) is 5.43 Å². The van der Waals surface area contributed by atoms with Crippen molar-refractivity contribution in [1.29, 1.82) is 0 Å². The standard InChI is InChI=1S/C10H9Cl2N3O/c1-6-10(16)14-13-5-15(6)7-2-3-8(11)9(12)4-7/h2-6H,1H3,(H,14,16)/t6-/m1/s1. The lowest BCUT2D eigenvalue weighted by atomic mass is 10.2. The third kappa shape index (κ3) is 1.99. The van der Waals surface area contributed by atoms with Crippen molar-refractivity contribution < 1.29 is 4.79 Å². The van der Waals surface area contributed by atoms with Crippen molar-refractivity contribution in [2.24, 2.45) is 5.10 Å². The van der Waals surface area contributed by atoms with Gasteiger partial charge >= 0.3 is 0 Å². The van der Waals surface area contributed by atoms with Crippen molar-refractivity contribution in [1.82, 2.24) is 5.43 Å². The summed E-state index contributed by atoms with van der Waals surface area (Å²) in [5.41, 5.74) is 3.17. The zero-order valence-corrected chi connectivity index (χ0v) is 9.96. The molecule has 6 heteroatoms. The first-order valence-corrected chi connectivity index (χ1v) is 5.41.